The van der Waals surface area contributed by atoms with Crippen molar-refractivity contribution in [2.24, 2.45) is 5.92 Å². The third-order valence-corrected chi connectivity index (χ3v) is 4.46. The van der Waals surface area contributed by atoms with Crippen molar-refractivity contribution < 1.29 is 9.18 Å². The summed E-state index contributed by atoms with van der Waals surface area (Å²) in [5.74, 6) is -0.141. The molecule has 0 bridgehead atoms. The molecular formula is C17H22FN5O. The molecule has 0 spiro atoms. The van der Waals surface area contributed by atoms with Crippen molar-refractivity contribution in [3.8, 4) is 0 Å². The largest absolute Gasteiger partial charge is 0.356 e. The zero-order valence-corrected chi connectivity index (χ0v) is 13.6. The molecule has 1 aromatic carbocycles. The van der Waals surface area contributed by atoms with Gasteiger partial charge in [-0.15, -0.1) is 0 Å². The molecule has 1 amide bonds. The Morgan fingerprint density at radius 1 is 1.29 bits per heavy atom. The van der Waals surface area contributed by atoms with Crippen LogP contribution in [0.2, 0.25) is 0 Å². The van der Waals surface area contributed by atoms with E-state index in [4.69, 9.17) is 0 Å². The monoisotopic (exact) mass is 331 g/mol. The van der Waals surface area contributed by atoms with Crippen molar-refractivity contribution >= 4 is 5.91 Å². The molecule has 1 aromatic heterocycles. The molecule has 3 rings (SSSR count). The summed E-state index contributed by atoms with van der Waals surface area (Å²) in [6, 6.07) is 6.55. The molecule has 0 aliphatic carbocycles. The minimum Gasteiger partial charge on any atom is -0.356 e. The molecule has 128 valence electrons. The van der Waals surface area contributed by atoms with E-state index in [1.165, 1.54) is 12.1 Å². The molecule has 6 nitrogen and oxygen atoms in total. The lowest BCUT2D eigenvalue weighted by Gasteiger charge is -2.21. The number of hydrogen-bond donors (Lipinski definition) is 4. The number of nitrogens with one attached hydrogen (secondary N) is 4. The number of nitrogens with zero attached hydrogens (tertiary/aromatic N) is 1. The van der Waals surface area contributed by atoms with Crippen LogP contribution in [0.1, 0.15) is 30.6 Å². The molecule has 2 aromatic rings. The predicted octanol–water partition coefficient (Wildman–Crippen LogP) is 1.45. The Morgan fingerprint density at radius 2 is 2.08 bits per heavy atom. The third-order valence-electron chi connectivity index (χ3n) is 4.46. The Labute approximate surface area is 140 Å². The van der Waals surface area contributed by atoms with Crippen LogP contribution in [-0.4, -0.2) is 28.5 Å². The lowest BCUT2D eigenvalue weighted by atomic mass is 9.87. The number of carbonyl (C=O) groups excluding carboxylic acids is 1. The van der Waals surface area contributed by atoms with Gasteiger partial charge in [-0.1, -0.05) is 12.1 Å². The Kier molecular flexibility index (Phi) is 5.22. The number of carbonyl (C=O) groups is 1. The number of H-pyrrole nitrogens is 1. The second-order valence-electron chi connectivity index (χ2n) is 6.15. The first-order chi connectivity index (χ1) is 11.6. The molecule has 1 fully saturated rings. The predicted molar refractivity (Wildman–Crippen MR) is 88.3 cm³/mol. The lowest BCUT2D eigenvalue weighted by molar-refractivity contribution is -0.122. The molecular weight excluding hydrogens is 309 g/mol. The zero-order chi connectivity index (χ0) is 16.9. The summed E-state index contributed by atoms with van der Waals surface area (Å²) in [6.45, 7) is 2.61. The standard InChI is InChI=1S/C17H22FN5O/c1-11-15(8-16(24)20-7-6-14-9-19-10-21-14)17(23-22-11)12-2-4-13(18)5-3-12/h2-5,9-11,15,17,22-23H,6-8H2,1H3,(H,19,21)(H,20,24). The number of aromatic amines is 1. The van der Waals surface area contributed by atoms with Gasteiger partial charge in [0.25, 0.3) is 0 Å². The number of amides is 1. The van der Waals surface area contributed by atoms with Crippen LogP contribution in [0.4, 0.5) is 4.39 Å². The number of aromatic nitrogens is 2. The molecule has 1 saturated heterocycles. The fourth-order valence-corrected chi connectivity index (χ4v) is 3.06. The Balaban J connectivity index is 1.55. The highest BCUT2D eigenvalue weighted by Gasteiger charge is 2.35. The van der Waals surface area contributed by atoms with Gasteiger partial charge < -0.3 is 10.3 Å². The van der Waals surface area contributed by atoms with E-state index < -0.39 is 0 Å². The maximum atomic E-state index is 13.1. The first-order valence-corrected chi connectivity index (χ1v) is 8.14. The van der Waals surface area contributed by atoms with Gasteiger partial charge in [-0.25, -0.2) is 14.8 Å². The van der Waals surface area contributed by atoms with Gasteiger partial charge in [0.05, 0.1) is 12.4 Å². The van der Waals surface area contributed by atoms with Gasteiger partial charge in [-0.05, 0) is 24.6 Å². The molecule has 24 heavy (non-hydrogen) atoms. The average molecular weight is 331 g/mol. The van der Waals surface area contributed by atoms with Crippen molar-refractivity contribution in [3.05, 3.63) is 53.9 Å². The number of hydrogen-bond acceptors (Lipinski definition) is 4. The van der Waals surface area contributed by atoms with Crippen molar-refractivity contribution in [2.75, 3.05) is 6.54 Å². The third kappa shape index (κ3) is 3.98. The van der Waals surface area contributed by atoms with E-state index in [0.29, 0.717) is 13.0 Å². The number of halogens is 1. The minimum atomic E-state index is -0.258. The van der Waals surface area contributed by atoms with Crippen molar-refractivity contribution in [1.29, 1.82) is 0 Å². The van der Waals surface area contributed by atoms with Gasteiger partial charge in [0.15, 0.2) is 0 Å². The Bertz CT molecular complexity index is 658. The fraction of sp³-hybridized carbons (Fsp3) is 0.412. The molecule has 1 aliphatic rings. The van der Waals surface area contributed by atoms with Crippen molar-refractivity contribution in [1.82, 2.24) is 26.1 Å². The van der Waals surface area contributed by atoms with Crippen LogP contribution >= 0.6 is 0 Å². The smallest absolute Gasteiger partial charge is 0.220 e. The molecule has 2 heterocycles. The van der Waals surface area contributed by atoms with Crippen LogP contribution in [0.5, 0.6) is 0 Å². The van der Waals surface area contributed by atoms with Crippen LogP contribution in [0, 0.1) is 11.7 Å². The topological polar surface area (TPSA) is 81.8 Å². The second-order valence-corrected chi connectivity index (χ2v) is 6.15. The van der Waals surface area contributed by atoms with Crippen LogP contribution in [-0.2, 0) is 11.2 Å². The molecule has 0 saturated carbocycles. The summed E-state index contributed by atoms with van der Waals surface area (Å²) in [5, 5.41) is 2.95. The SMILES string of the molecule is CC1NNC(c2ccc(F)cc2)C1CC(=O)NCCc1cnc[nH]1. The van der Waals surface area contributed by atoms with Gasteiger partial charge in [0.1, 0.15) is 5.82 Å². The molecule has 0 radical (unpaired) electrons. The number of rotatable bonds is 6. The fourth-order valence-electron chi connectivity index (χ4n) is 3.06. The summed E-state index contributed by atoms with van der Waals surface area (Å²) >= 11 is 0. The lowest BCUT2D eigenvalue weighted by Crippen LogP contribution is -2.32. The van der Waals surface area contributed by atoms with Crippen LogP contribution in [0.3, 0.4) is 0 Å². The maximum absolute atomic E-state index is 13.1. The number of imidazole rings is 1. The molecule has 3 atom stereocenters. The van der Waals surface area contributed by atoms with Gasteiger partial charge in [-0.2, -0.15) is 0 Å². The Hall–Kier alpha value is -2.25. The average Bonchev–Trinajstić information content (AvgIpc) is 3.20. The van der Waals surface area contributed by atoms with E-state index in [1.807, 2.05) is 6.92 Å². The summed E-state index contributed by atoms with van der Waals surface area (Å²) in [7, 11) is 0. The molecule has 1 aliphatic heterocycles. The van der Waals surface area contributed by atoms with E-state index in [0.717, 1.165) is 17.7 Å². The van der Waals surface area contributed by atoms with Crippen molar-refractivity contribution in [2.45, 2.75) is 31.8 Å². The van der Waals surface area contributed by atoms with E-state index in [2.05, 4.69) is 26.1 Å². The first kappa shape index (κ1) is 16.6. The number of hydrazine groups is 1. The van der Waals surface area contributed by atoms with Gasteiger partial charge >= 0.3 is 0 Å². The Morgan fingerprint density at radius 3 is 2.79 bits per heavy atom. The van der Waals surface area contributed by atoms with E-state index >= 15 is 0 Å². The maximum Gasteiger partial charge on any atom is 0.220 e. The highest BCUT2D eigenvalue weighted by atomic mass is 19.1. The highest BCUT2D eigenvalue weighted by Crippen LogP contribution is 2.31. The number of benzene rings is 1. The second kappa shape index (κ2) is 7.55. The van der Waals surface area contributed by atoms with Gasteiger partial charge in [-0.3, -0.25) is 10.2 Å². The molecule has 3 unspecified atom stereocenters. The van der Waals surface area contributed by atoms with Gasteiger partial charge in [0.2, 0.25) is 5.91 Å². The normalized spacial score (nSPS) is 23.3. The van der Waals surface area contributed by atoms with Crippen molar-refractivity contribution in [3.63, 3.8) is 0 Å². The first-order valence-electron chi connectivity index (χ1n) is 8.14. The molecule has 4 N–H and O–H groups in total. The van der Waals surface area contributed by atoms with E-state index in [9.17, 15) is 9.18 Å². The van der Waals surface area contributed by atoms with E-state index in [1.54, 1.807) is 24.7 Å². The zero-order valence-electron chi connectivity index (χ0n) is 13.6. The van der Waals surface area contributed by atoms with Crippen LogP contribution in [0.25, 0.3) is 0 Å². The summed E-state index contributed by atoms with van der Waals surface area (Å²) < 4.78 is 13.1. The summed E-state index contributed by atoms with van der Waals surface area (Å²) in [4.78, 5) is 19.2. The van der Waals surface area contributed by atoms with E-state index in [-0.39, 0.29) is 29.7 Å². The summed E-state index contributed by atoms with van der Waals surface area (Å²) in [5.41, 5.74) is 8.36. The molecule has 7 heteroatoms. The van der Waals surface area contributed by atoms with Crippen LogP contribution < -0.4 is 16.2 Å². The quantitative estimate of drug-likeness (QED) is 0.646. The van der Waals surface area contributed by atoms with Crippen LogP contribution in [0.15, 0.2) is 36.8 Å². The van der Waals surface area contributed by atoms with Gasteiger partial charge in [0, 0.05) is 43.2 Å². The highest BCUT2D eigenvalue weighted by molar-refractivity contribution is 5.76. The minimum absolute atomic E-state index is 0.0149. The summed E-state index contributed by atoms with van der Waals surface area (Å²) in [6.07, 6.45) is 4.52.